The van der Waals surface area contributed by atoms with Gasteiger partial charge in [0.25, 0.3) is 5.84 Å². The summed E-state index contributed by atoms with van der Waals surface area (Å²) in [4.78, 5) is 0. The Bertz CT molecular complexity index is 830. The summed E-state index contributed by atoms with van der Waals surface area (Å²) in [6.45, 7) is 0. The molecule has 0 aromatic heterocycles. The van der Waals surface area contributed by atoms with E-state index >= 15 is 0 Å². The Morgan fingerprint density at radius 2 is 1.70 bits per heavy atom. The van der Waals surface area contributed by atoms with Gasteiger partial charge in [0.2, 0.25) is 0 Å². The van der Waals surface area contributed by atoms with Crippen LogP contribution in [0.3, 0.4) is 0 Å². The third-order valence-electron chi connectivity index (χ3n) is 2.53. The molecular formula is C14H9Cl2N5O2. The zero-order valence-electron chi connectivity index (χ0n) is 11.4. The first-order valence-electron chi connectivity index (χ1n) is 6.12. The number of phenolic OH excluding ortho intramolecular Hbond substituents is 2. The SMILES string of the molecule is N#C/C(N=Nc1cc(Cl)ccc1O)=N\Nc1cc(Cl)ccc1O. The van der Waals surface area contributed by atoms with Crippen molar-refractivity contribution in [3.63, 3.8) is 0 Å². The lowest BCUT2D eigenvalue weighted by Gasteiger charge is -2.03. The molecule has 0 atom stereocenters. The first-order chi connectivity index (χ1) is 11.0. The van der Waals surface area contributed by atoms with Crippen LogP contribution in [0.1, 0.15) is 0 Å². The maximum Gasteiger partial charge on any atom is 0.270 e. The van der Waals surface area contributed by atoms with Gasteiger partial charge in [0, 0.05) is 10.0 Å². The number of nitriles is 1. The largest absolute Gasteiger partial charge is 0.506 e. The van der Waals surface area contributed by atoms with E-state index in [1.807, 2.05) is 0 Å². The standard InChI is InChI=1S/C14H9Cl2N5O2/c15-8-1-3-12(22)10(5-8)18-20-14(7-17)21-19-11-6-9(16)2-4-13(11)23/h1-6,18,22-23H/b20-14+,21-19?. The van der Waals surface area contributed by atoms with E-state index in [0.717, 1.165) is 0 Å². The van der Waals surface area contributed by atoms with Gasteiger partial charge in [0.1, 0.15) is 23.3 Å². The van der Waals surface area contributed by atoms with Gasteiger partial charge in [-0.3, -0.25) is 5.43 Å². The number of nitrogens with zero attached hydrogens (tertiary/aromatic N) is 4. The summed E-state index contributed by atoms with van der Waals surface area (Å²) in [5.41, 5.74) is 2.74. The maximum atomic E-state index is 9.62. The highest BCUT2D eigenvalue weighted by Gasteiger charge is 2.04. The minimum atomic E-state index is -0.330. The third-order valence-corrected chi connectivity index (χ3v) is 3.00. The Morgan fingerprint density at radius 3 is 2.39 bits per heavy atom. The Balaban J connectivity index is 2.19. The van der Waals surface area contributed by atoms with Crippen LogP contribution >= 0.6 is 23.2 Å². The molecule has 116 valence electrons. The molecule has 0 amide bonds. The minimum Gasteiger partial charge on any atom is -0.506 e. The van der Waals surface area contributed by atoms with Gasteiger partial charge in [-0.2, -0.15) is 5.26 Å². The maximum absolute atomic E-state index is 9.62. The van der Waals surface area contributed by atoms with E-state index in [1.54, 1.807) is 6.07 Å². The third kappa shape index (κ3) is 4.57. The van der Waals surface area contributed by atoms with Crippen LogP contribution in [0.5, 0.6) is 11.5 Å². The van der Waals surface area contributed by atoms with Crippen LogP contribution in [0.25, 0.3) is 0 Å². The molecule has 0 aliphatic carbocycles. The van der Waals surface area contributed by atoms with Crippen molar-refractivity contribution in [1.29, 1.82) is 5.26 Å². The molecule has 0 fully saturated rings. The Labute approximate surface area is 141 Å². The molecule has 23 heavy (non-hydrogen) atoms. The van der Waals surface area contributed by atoms with Crippen molar-refractivity contribution in [2.75, 3.05) is 5.43 Å². The van der Waals surface area contributed by atoms with Crippen molar-refractivity contribution in [2.24, 2.45) is 15.3 Å². The topological polar surface area (TPSA) is 113 Å². The van der Waals surface area contributed by atoms with Crippen LogP contribution in [0.4, 0.5) is 11.4 Å². The van der Waals surface area contributed by atoms with E-state index in [9.17, 15) is 10.2 Å². The fourth-order valence-corrected chi connectivity index (χ4v) is 1.80. The highest BCUT2D eigenvalue weighted by Crippen LogP contribution is 2.29. The fraction of sp³-hybridized carbons (Fsp3) is 0. The number of phenols is 2. The summed E-state index contributed by atoms with van der Waals surface area (Å²) in [6, 6.07) is 10.2. The lowest BCUT2D eigenvalue weighted by atomic mass is 10.3. The summed E-state index contributed by atoms with van der Waals surface area (Å²) in [6.07, 6.45) is 0. The normalized spacial score (nSPS) is 11.4. The van der Waals surface area contributed by atoms with E-state index in [2.05, 4.69) is 20.8 Å². The molecular weight excluding hydrogens is 341 g/mol. The zero-order valence-corrected chi connectivity index (χ0v) is 12.9. The van der Waals surface area contributed by atoms with Crippen molar-refractivity contribution in [1.82, 2.24) is 0 Å². The quantitative estimate of drug-likeness (QED) is 0.250. The van der Waals surface area contributed by atoms with Crippen molar-refractivity contribution < 1.29 is 10.2 Å². The number of aromatic hydroxyl groups is 2. The molecule has 0 spiro atoms. The van der Waals surface area contributed by atoms with Gasteiger partial charge in [-0.15, -0.1) is 15.3 Å². The number of hydrogen-bond acceptors (Lipinski definition) is 6. The fourth-order valence-electron chi connectivity index (χ4n) is 1.46. The Kier molecular flexibility index (Phi) is 5.36. The minimum absolute atomic E-state index is 0.0889. The van der Waals surface area contributed by atoms with Crippen molar-refractivity contribution in [3.8, 4) is 17.6 Å². The predicted molar refractivity (Wildman–Crippen MR) is 87.4 cm³/mol. The van der Waals surface area contributed by atoms with Crippen LogP contribution in [0.2, 0.25) is 10.0 Å². The number of azo groups is 1. The molecule has 3 N–H and O–H groups in total. The Hall–Kier alpha value is -2.82. The molecule has 0 bridgehead atoms. The molecule has 0 radical (unpaired) electrons. The molecule has 0 saturated heterocycles. The smallest absolute Gasteiger partial charge is 0.270 e. The highest BCUT2D eigenvalue weighted by molar-refractivity contribution is 6.31. The summed E-state index contributed by atoms with van der Waals surface area (Å²) in [5, 5.41) is 39.9. The zero-order chi connectivity index (χ0) is 16.8. The number of hydrazone groups is 1. The van der Waals surface area contributed by atoms with E-state index in [4.69, 9.17) is 28.5 Å². The number of amidine groups is 1. The van der Waals surface area contributed by atoms with Gasteiger partial charge in [0.15, 0.2) is 0 Å². The summed E-state index contributed by atoms with van der Waals surface area (Å²) in [7, 11) is 0. The van der Waals surface area contributed by atoms with Crippen LogP contribution in [-0.4, -0.2) is 16.0 Å². The molecule has 0 aliphatic rings. The molecule has 0 heterocycles. The molecule has 0 saturated carbocycles. The van der Waals surface area contributed by atoms with Crippen LogP contribution in [-0.2, 0) is 0 Å². The second-order valence-electron chi connectivity index (χ2n) is 4.15. The van der Waals surface area contributed by atoms with Crippen LogP contribution < -0.4 is 5.43 Å². The molecule has 2 aromatic rings. The average molecular weight is 350 g/mol. The van der Waals surface area contributed by atoms with Gasteiger partial charge in [-0.05, 0) is 36.4 Å². The molecule has 2 aromatic carbocycles. The van der Waals surface area contributed by atoms with E-state index < -0.39 is 0 Å². The van der Waals surface area contributed by atoms with Gasteiger partial charge in [0.05, 0.1) is 5.69 Å². The molecule has 2 rings (SSSR count). The average Bonchev–Trinajstić information content (AvgIpc) is 2.53. The molecule has 7 nitrogen and oxygen atoms in total. The van der Waals surface area contributed by atoms with Gasteiger partial charge in [-0.1, -0.05) is 23.2 Å². The molecule has 9 heteroatoms. The van der Waals surface area contributed by atoms with Crippen molar-refractivity contribution >= 4 is 40.4 Å². The Morgan fingerprint density at radius 1 is 1.04 bits per heavy atom. The lowest BCUT2D eigenvalue weighted by Crippen LogP contribution is -1.96. The number of hydrogen-bond donors (Lipinski definition) is 3. The highest BCUT2D eigenvalue weighted by atomic mass is 35.5. The number of rotatable bonds is 3. The van der Waals surface area contributed by atoms with E-state index in [0.29, 0.717) is 10.0 Å². The number of halogens is 2. The first-order valence-corrected chi connectivity index (χ1v) is 6.88. The van der Waals surface area contributed by atoms with Crippen molar-refractivity contribution in [2.45, 2.75) is 0 Å². The summed E-state index contributed by atoms with van der Waals surface area (Å²) < 4.78 is 0. The first kappa shape index (κ1) is 16.5. The molecule has 0 unspecified atom stereocenters. The second kappa shape index (κ2) is 7.45. The van der Waals surface area contributed by atoms with Gasteiger partial charge < -0.3 is 10.2 Å². The van der Waals surface area contributed by atoms with Crippen molar-refractivity contribution in [3.05, 3.63) is 46.4 Å². The monoisotopic (exact) mass is 349 g/mol. The summed E-state index contributed by atoms with van der Waals surface area (Å²) in [5.74, 6) is -0.570. The van der Waals surface area contributed by atoms with Gasteiger partial charge in [-0.25, -0.2) is 0 Å². The number of nitrogens with one attached hydrogen (secondary N) is 1. The molecule has 0 aliphatic heterocycles. The van der Waals surface area contributed by atoms with Gasteiger partial charge >= 0.3 is 0 Å². The second-order valence-corrected chi connectivity index (χ2v) is 5.03. The lowest BCUT2D eigenvalue weighted by molar-refractivity contribution is 0.476. The predicted octanol–water partition coefficient (Wildman–Crippen LogP) is 4.44. The van der Waals surface area contributed by atoms with E-state index in [1.165, 1.54) is 36.4 Å². The summed E-state index contributed by atoms with van der Waals surface area (Å²) >= 11 is 11.6. The van der Waals surface area contributed by atoms with Crippen LogP contribution in [0, 0.1) is 11.3 Å². The number of anilines is 1. The number of benzene rings is 2. The van der Waals surface area contributed by atoms with Crippen LogP contribution in [0.15, 0.2) is 51.7 Å². The van der Waals surface area contributed by atoms with E-state index in [-0.39, 0.29) is 28.7 Å².